The molecule has 0 saturated carbocycles. The Balaban J connectivity index is 1.17. The number of piperazine rings is 1. The number of ether oxygens (including phenoxy) is 1. The molecule has 0 radical (unpaired) electrons. The zero-order valence-electron chi connectivity index (χ0n) is 18.2. The highest BCUT2D eigenvalue weighted by molar-refractivity contribution is 7.89. The quantitative estimate of drug-likeness (QED) is 0.475. The fraction of sp³-hybridized carbons (Fsp3) is 0.375. The first-order chi connectivity index (χ1) is 15.6. The number of aromatic nitrogens is 1. The van der Waals surface area contributed by atoms with Gasteiger partial charge in [0.25, 0.3) is 0 Å². The summed E-state index contributed by atoms with van der Waals surface area (Å²) >= 11 is 0. The van der Waals surface area contributed by atoms with Gasteiger partial charge in [0.2, 0.25) is 10.0 Å². The zero-order chi connectivity index (χ0) is 22.2. The van der Waals surface area contributed by atoms with Gasteiger partial charge in [-0.15, -0.1) is 0 Å². The molecule has 2 aromatic carbocycles. The van der Waals surface area contributed by atoms with Crippen LogP contribution in [-0.2, 0) is 10.0 Å². The van der Waals surface area contributed by atoms with E-state index in [-0.39, 0.29) is 0 Å². The minimum atomic E-state index is -3.57. The lowest BCUT2D eigenvalue weighted by Gasteiger charge is -2.34. The summed E-state index contributed by atoms with van der Waals surface area (Å²) in [6, 6.07) is 16.9. The van der Waals surface area contributed by atoms with Crippen LogP contribution in [0.1, 0.15) is 6.42 Å². The molecule has 1 aromatic heterocycles. The molecule has 32 heavy (non-hydrogen) atoms. The maximum absolute atomic E-state index is 12.8. The lowest BCUT2D eigenvalue weighted by atomic mass is 10.2. The van der Waals surface area contributed by atoms with E-state index in [1.54, 1.807) is 30.6 Å². The van der Waals surface area contributed by atoms with Crippen molar-refractivity contribution in [2.75, 3.05) is 52.4 Å². The Morgan fingerprint density at radius 3 is 2.44 bits per heavy atom. The Morgan fingerprint density at radius 1 is 0.906 bits per heavy atom. The van der Waals surface area contributed by atoms with Gasteiger partial charge >= 0.3 is 0 Å². The van der Waals surface area contributed by atoms with Crippen molar-refractivity contribution >= 4 is 20.8 Å². The number of fused-ring (bicyclic) bond motifs is 1. The van der Waals surface area contributed by atoms with Gasteiger partial charge in [-0.1, -0.05) is 30.3 Å². The lowest BCUT2D eigenvalue weighted by Crippen LogP contribution is -2.48. The maximum atomic E-state index is 12.8. The maximum Gasteiger partial charge on any atom is 0.241 e. The Morgan fingerprint density at radius 2 is 1.66 bits per heavy atom. The molecule has 7 nitrogen and oxygen atoms in total. The van der Waals surface area contributed by atoms with Crippen molar-refractivity contribution in [1.82, 2.24) is 19.5 Å². The average Bonchev–Trinajstić information content (AvgIpc) is 2.83. The van der Waals surface area contributed by atoms with Crippen molar-refractivity contribution in [1.29, 1.82) is 0 Å². The van der Waals surface area contributed by atoms with Gasteiger partial charge in [-0.2, -0.15) is 0 Å². The molecule has 1 saturated heterocycles. The fourth-order valence-corrected chi connectivity index (χ4v) is 5.22. The van der Waals surface area contributed by atoms with Crippen molar-refractivity contribution in [3.8, 4) is 5.75 Å². The van der Waals surface area contributed by atoms with Crippen LogP contribution in [0.2, 0.25) is 0 Å². The monoisotopic (exact) mass is 454 g/mol. The van der Waals surface area contributed by atoms with Gasteiger partial charge in [-0.05, 0) is 30.7 Å². The van der Waals surface area contributed by atoms with Crippen molar-refractivity contribution in [3.05, 3.63) is 67.0 Å². The van der Waals surface area contributed by atoms with Gasteiger partial charge in [-0.3, -0.25) is 9.88 Å². The van der Waals surface area contributed by atoms with Crippen LogP contribution in [0.5, 0.6) is 5.75 Å². The fourth-order valence-electron chi connectivity index (χ4n) is 3.97. The number of para-hydroxylation sites is 1. The number of nitrogens with one attached hydrogen (secondary N) is 1. The standard InChI is InChI=1S/C24H30N4O3S/c29-32(30,24-9-4-6-21-20-25-11-10-23(21)24)26-12-14-28-17-15-27(16-18-28)13-5-19-31-22-7-2-1-3-8-22/h1-4,6-11,20,26H,5,12-19H2. The van der Waals surface area contributed by atoms with Crippen molar-refractivity contribution < 1.29 is 13.2 Å². The van der Waals surface area contributed by atoms with E-state index < -0.39 is 10.0 Å². The van der Waals surface area contributed by atoms with Crippen molar-refractivity contribution in [2.45, 2.75) is 11.3 Å². The minimum absolute atomic E-state index is 0.306. The Kier molecular flexibility index (Phi) is 7.70. The zero-order valence-corrected chi connectivity index (χ0v) is 19.0. The molecule has 0 aliphatic carbocycles. The second-order valence-corrected chi connectivity index (χ2v) is 9.68. The Labute approximate surface area is 190 Å². The summed E-state index contributed by atoms with van der Waals surface area (Å²) in [6.07, 6.45) is 4.30. The largest absolute Gasteiger partial charge is 0.494 e. The first-order valence-electron chi connectivity index (χ1n) is 11.1. The topological polar surface area (TPSA) is 74.8 Å². The molecule has 0 spiro atoms. The molecule has 2 heterocycles. The number of pyridine rings is 1. The van der Waals surface area contributed by atoms with E-state index in [2.05, 4.69) is 19.5 Å². The van der Waals surface area contributed by atoms with Crippen LogP contribution < -0.4 is 9.46 Å². The highest BCUT2D eigenvalue weighted by Gasteiger charge is 2.19. The molecule has 1 N–H and O–H groups in total. The van der Waals surface area contributed by atoms with Crippen LogP contribution in [0.4, 0.5) is 0 Å². The number of hydrogen-bond donors (Lipinski definition) is 1. The number of hydrogen-bond acceptors (Lipinski definition) is 6. The van der Waals surface area contributed by atoms with Crippen LogP contribution in [0.15, 0.2) is 71.9 Å². The van der Waals surface area contributed by atoms with Crippen LogP contribution in [0.3, 0.4) is 0 Å². The third-order valence-corrected chi connectivity index (χ3v) is 7.27. The highest BCUT2D eigenvalue weighted by atomic mass is 32.2. The third kappa shape index (κ3) is 6.04. The molecule has 4 rings (SSSR count). The summed E-state index contributed by atoms with van der Waals surface area (Å²) in [6.45, 7) is 6.72. The minimum Gasteiger partial charge on any atom is -0.494 e. The van der Waals surface area contributed by atoms with Gasteiger partial charge < -0.3 is 9.64 Å². The Bertz CT molecular complexity index is 1100. The molecule has 1 aliphatic heterocycles. The molecular formula is C24H30N4O3S. The first kappa shape index (κ1) is 22.7. The van der Waals surface area contributed by atoms with E-state index in [1.165, 1.54) is 0 Å². The molecule has 8 heteroatoms. The molecular weight excluding hydrogens is 424 g/mol. The first-order valence-corrected chi connectivity index (χ1v) is 12.6. The highest BCUT2D eigenvalue weighted by Crippen LogP contribution is 2.21. The lowest BCUT2D eigenvalue weighted by molar-refractivity contribution is 0.128. The van der Waals surface area contributed by atoms with Crippen LogP contribution in [0, 0.1) is 0 Å². The molecule has 170 valence electrons. The predicted molar refractivity (Wildman–Crippen MR) is 126 cm³/mol. The van der Waals surface area contributed by atoms with E-state index in [9.17, 15) is 8.42 Å². The van der Waals surface area contributed by atoms with Gasteiger partial charge in [0, 0.05) is 69.0 Å². The molecule has 0 unspecified atom stereocenters. The van der Waals surface area contributed by atoms with E-state index in [1.807, 2.05) is 36.4 Å². The van der Waals surface area contributed by atoms with Crippen molar-refractivity contribution in [3.63, 3.8) is 0 Å². The predicted octanol–water partition coefficient (Wildman–Crippen LogP) is 2.60. The van der Waals surface area contributed by atoms with Crippen LogP contribution >= 0.6 is 0 Å². The summed E-state index contributed by atoms with van der Waals surface area (Å²) in [4.78, 5) is 9.13. The Hall–Kier alpha value is -2.52. The molecule has 0 atom stereocenters. The summed E-state index contributed by atoms with van der Waals surface area (Å²) in [7, 11) is -3.57. The molecule has 0 bridgehead atoms. The number of sulfonamides is 1. The summed E-state index contributed by atoms with van der Waals surface area (Å²) in [5.41, 5.74) is 0. The van der Waals surface area contributed by atoms with Gasteiger partial charge in [0.1, 0.15) is 5.75 Å². The number of rotatable bonds is 10. The SMILES string of the molecule is O=S(=O)(NCCN1CCN(CCCOc2ccccc2)CC1)c1cccc2cnccc12. The van der Waals surface area contributed by atoms with E-state index in [0.29, 0.717) is 23.4 Å². The smallest absolute Gasteiger partial charge is 0.241 e. The average molecular weight is 455 g/mol. The van der Waals surface area contributed by atoms with E-state index in [4.69, 9.17) is 4.74 Å². The number of nitrogens with zero attached hydrogens (tertiary/aromatic N) is 3. The summed E-state index contributed by atoms with van der Waals surface area (Å²) in [5.74, 6) is 0.917. The number of benzene rings is 2. The normalized spacial score (nSPS) is 15.8. The molecule has 0 amide bonds. The van der Waals surface area contributed by atoms with Gasteiger partial charge in [0.05, 0.1) is 11.5 Å². The molecule has 3 aromatic rings. The summed E-state index contributed by atoms with van der Waals surface area (Å²) < 4.78 is 34.2. The second kappa shape index (κ2) is 10.9. The van der Waals surface area contributed by atoms with E-state index in [0.717, 1.165) is 56.9 Å². The van der Waals surface area contributed by atoms with E-state index >= 15 is 0 Å². The van der Waals surface area contributed by atoms with Gasteiger partial charge in [-0.25, -0.2) is 13.1 Å². The third-order valence-electron chi connectivity index (χ3n) is 5.75. The summed E-state index contributed by atoms with van der Waals surface area (Å²) in [5, 5.41) is 1.51. The van der Waals surface area contributed by atoms with Crippen LogP contribution in [0.25, 0.3) is 10.8 Å². The van der Waals surface area contributed by atoms with Crippen LogP contribution in [-0.4, -0.2) is 75.6 Å². The second-order valence-electron chi connectivity index (χ2n) is 7.95. The molecule has 1 fully saturated rings. The molecule has 1 aliphatic rings. The van der Waals surface area contributed by atoms with Gasteiger partial charge in [0.15, 0.2) is 0 Å². The van der Waals surface area contributed by atoms with Crippen molar-refractivity contribution in [2.24, 2.45) is 0 Å².